The second-order valence-electron chi connectivity index (χ2n) is 12.7. The zero-order chi connectivity index (χ0) is 31.6. The molecule has 2 heterocycles. The molecular formula is C31H41N7O6. The number of pyridine rings is 1. The standard InChI is InChI=1S/C31H41N7O6/c1-4-33-29(43)25(39)8-7-22(34-28(42)24-16-32-18-36(24)2)27(41)35-23-6-5-9-38(30(23)44)17-26(40)37(3)31-13-19-10-20(14-31)12-21(11-19)15-31/h5-6,9,16,18-22H,4,7-8,10-15,17H2,1-3H3,(H,33,43)(H,34,42)(H,35,41)/t19?,20?,21?,22-,31?/m0/s1. The Balaban J connectivity index is 1.28. The average molecular weight is 608 g/mol. The normalized spacial score (nSPS) is 23.9. The Morgan fingerprint density at radius 3 is 2.34 bits per heavy atom. The third-order valence-electron chi connectivity index (χ3n) is 9.60. The second-order valence-corrected chi connectivity index (χ2v) is 12.7. The molecule has 3 N–H and O–H groups in total. The van der Waals surface area contributed by atoms with Crippen LogP contribution in [0.1, 0.15) is 68.8 Å². The van der Waals surface area contributed by atoms with E-state index in [1.54, 1.807) is 20.0 Å². The summed E-state index contributed by atoms with van der Waals surface area (Å²) >= 11 is 0. The molecule has 4 amide bonds. The fourth-order valence-corrected chi connectivity index (χ4v) is 7.69. The highest BCUT2D eigenvalue weighted by molar-refractivity contribution is 6.36. The molecule has 2 aromatic rings. The van der Waals surface area contributed by atoms with Gasteiger partial charge in [0, 0.05) is 38.8 Å². The molecular weight excluding hydrogens is 566 g/mol. The van der Waals surface area contributed by atoms with Crippen molar-refractivity contribution in [3.8, 4) is 0 Å². The number of nitrogens with zero attached hydrogens (tertiary/aromatic N) is 4. The van der Waals surface area contributed by atoms with Gasteiger partial charge in [0.1, 0.15) is 24.0 Å². The number of hydrogen-bond acceptors (Lipinski definition) is 7. The Morgan fingerprint density at radius 1 is 1.09 bits per heavy atom. The van der Waals surface area contributed by atoms with Gasteiger partial charge in [0.2, 0.25) is 17.6 Å². The van der Waals surface area contributed by atoms with E-state index in [1.807, 2.05) is 11.9 Å². The third-order valence-corrected chi connectivity index (χ3v) is 9.60. The number of rotatable bonds is 12. The topological polar surface area (TPSA) is 164 Å². The summed E-state index contributed by atoms with van der Waals surface area (Å²) in [5.74, 6) is -1.01. The molecule has 0 spiro atoms. The van der Waals surface area contributed by atoms with Gasteiger partial charge >= 0.3 is 0 Å². The third kappa shape index (κ3) is 6.46. The van der Waals surface area contributed by atoms with Gasteiger partial charge in [-0.2, -0.15) is 0 Å². The molecule has 0 saturated heterocycles. The molecule has 0 unspecified atom stereocenters. The maximum atomic E-state index is 13.5. The lowest BCUT2D eigenvalue weighted by Gasteiger charge is -2.59. The smallest absolute Gasteiger partial charge is 0.287 e. The van der Waals surface area contributed by atoms with Gasteiger partial charge in [0.15, 0.2) is 0 Å². The van der Waals surface area contributed by atoms with Gasteiger partial charge in [0.05, 0.1) is 12.5 Å². The molecule has 0 aliphatic heterocycles. The highest BCUT2D eigenvalue weighted by atomic mass is 16.2. The average Bonchev–Trinajstić information content (AvgIpc) is 3.41. The largest absolute Gasteiger partial charge is 0.350 e. The number of ketones is 1. The number of Topliss-reactive ketones (excluding diaryl/α,β-unsaturated/α-hetero) is 1. The molecule has 13 nitrogen and oxygen atoms in total. The van der Waals surface area contributed by atoms with Gasteiger partial charge in [-0.05, 0) is 81.8 Å². The van der Waals surface area contributed by atoms with Crippen LogP contribution in [0.25, 0.3) is 0 Å². The summed E-state index contributed by atoms with van der Waals surface area (Å²) in [6.07, 6.45) is 10.6. The molecule has 4 saturated carbocycles. The van der Waals surface area contributed by atoms with Crippen molar-refractivity contribution >= 4 is 35.1 Å². The van der Waals surface area contributed by atoms with Crippen LogP contribution in [0.15, 0.2) is 35.6 Å². The molecule has 4 aliphatic carbocycles. The monoisotopic (exact) mass is 607 g/mol. The molecule has 0 aromatic carbocycles. The van der Waals surface area contributed by atoms with Crippen molar-refractivity contribution < 1.29 is 24.0 Å². The number of anilines is 1. The summed E-state index contributed by atoms with van der Waals surface area (Å²) in [4.78, 5) is 83.1. The van der Waals surface area contributed by atoms with E-state index in [2.05, 4.69) is 20.9 Å². The Hall–Kier alpha value is -4.29. The number of aromatic nitrogens is 3. The van der Waals surface area contributed by atoms with E-state index in [0.717, 1.165) is 19.3 Å². The lowest BCUT2D eigenvalue weighted by molar-refractivity contribution is -0.148. The Kier molecular flexibility index (Phi) is 9.02. The van der Waals surface area contributed by atoms with E-state index in [4.69, 9.17) is 0 Å². The van der Waals surface area contributed by atoms with Gasteiger partial charge in [-0.15, -0.1) is 0 Å². The van der Waals surface area contributed by atoms with Crippen LogP contribution in [-0.4, -0.2) is 73.6 Å². The quantitative estimate of drug-likeness (QED) is 0.306. The van der Waals surface area contributed by atoms with Crippen molar-refractivity contribution in [2.45, 2.75) is 76.4 Å². The number of likely N-dealkylation sites (N-methyl/N-ethyl adjacent to an activating group) is 2. The summed E-state index contributed by atoms with van der Waals surface area (Å²) in [7, 11) is 3.47. The Morgan fingerprint density at radius 2 is 1.75 bits per heavy atom. The molecule has 1 atom stereocenters. The SMILES string of the molecule is CCNC(=O)C(=O)CC[C@H](NC(=O)c1cncn1C)C(=O)Nc1cccn(CC(=O)N(C)C23CC4CC(CC(C4)C2)C3)c1=O. The summed E-state index contributed by atoms with van der Waals surface area (Å²) in [5, 5.41) is 7.56. The van der Waals surface area contributed by atoms with Gasteiger partial charge in [-0.1, -0.05) is 0 Å². The fourth-order valence-electron chi connectivity index (χ4n) is 7.69. The predicted octanol–water partition coefficient (Wildman–Crippen LogP) is 1.23. The molecule has 236 valence electrons. The number of amides is 4. The van der Waals surface area contributed by atoms with E-state index in [-0.39, 0.29) is 48.8 Å². The number of carbonyl (C=O) groups is 5. The van der Waals surface area contributed by atoms with Crippen LogP contribution in [0.3, 0.4) is 0 Å². The van der Waals surface area contributed by atoms with Crippen LogP contribution < -0.4 is 21.5 Å². The zero-order valence-corrected chi connectivity index (χ0v) is 25.5. The number of imidazole rings is 1. The highest BCUT2D eigenvalue weighted by Gasteiger charge is 2.53. The van der Waals surface area contributed by atoms with Crippen molar-refractivity contribution in [1.82, 2.24) is 29.7 Å². The number of hydrogen-bond donors (Lipinski definition) is 3. The first-order chi connectivity index (χ1) is 21.0. The molecule has 6 rings (SSSR count). The van der Waals surface area contributed by atoms with Crippen molar-refractivity contribution in [1.29, 1.82) is 0 Å². The van der Waals surface area contributed by atoms with Crippen molar-refractivity contribution in [3.63, 3.8) is 0 Å². The van der Waals surface area contributed by atoms with Crippen LogP contribution in [0.2, 0.25) is 0 Å². The fraction of sp³-hybridized carbons (Fsp3) is 0.581. The zero-order valence-electron chi connectivity index (χ0n) is 25.5. The first-order valence-corrected chi connectivity index (χ1v) is 15.3. The highest BCUT2D eigenvalue weighted by Crippen LogP contribution is 2.57. The summed E-state index contributed by atoms with van der Waals surface area (Å²) in [6.45, 7) is 1.78. The van der Waals surface area contributed by atoms with Crippen molar-refractivity contribution in [3.05, 3.63) is 46.9 Å². The molecule has 4 bridgehead atoms. The molecule has 13 heteroatoms. The number of nitrogens with one attached hydrogen (secondary N) is 3. The lowest BCUT2D eigenvalue weighted by Crippen LogP contribution is -2.60. The second kappa shape index (κ2) is 12.7. The predicted molar refractivity (Wildman–Crippen MR) is 160 cm³/mol. The van der Waals surface area contributed by atoms with Gasteiger partial charge < -0.3 is 30.0 Å². The number of carbonyl (C=O) groups excluding carboxylic acids is 5. The van der Waals surface area contributed by atoms with E-state index in [1.165, 1.54) is 53.2 Å². The lowest BCUT2D eigenvalue weighted by atomic mass is 9.52. The maximum absolute atomic E-state index is 13.5. The molecule has 0 radical (unpaired) electrons. The van der Waals surface area contributed by atoms with E-state index in [9.17, 15) is 28.8 Å². The first-order valence-electron chi connectivity index (χ1n) is 15.3. The van der Waals surface area contributed by atoms with Crippen LogP contribution in [0.5, 0.6) is 0 Å². The minimum atomic E-state index is -1.24. The van der Waals surface area contributed by atoms with E-state index < -0.39 is 35.1 Å². The van der Waals surface area contributed by atoms with Crippen LogP contribution >= 0.6 is 0 Å². The molecule has 4 aliphatic rings. The van der Waals surface area contributed by atoms with Crippen LogP contribution in [-0.2, 0) is 32.8 Å². The van der Waals surface area contributed by atoms with Gasteiger partial charge in [0.25, 0.3) is 17.4 Å². The minimum absolute atomic E-state index is 0.0717. The summed E-state index contributed by atoms with van der Waals surface area (Å²) in [6, 6.07) is 1.74. The van der Waals surface area contributed by atoms with Crippen molar-refractivity contribution in [2.24, 2.45) is 24.8 Å². The van der Waals surface area contributed by atoms with Crippen LogP contribution in [0.4, 0.5) is 5.69 Å². The number of aryl methyl sites for hydroxylation is 1. The Labute approximate surface area is 255 Å². The first kappa shape index (κ1) is 31.1. The van der Waals surface area contributed by atoms with Crippen LogP contribution in [0, 0.1) is 17.8 Å². The van der Waals surface area contributed by atoms with E-state index in [0.29, 0.717) is 17.8 Å². The van der Waals surface area contributed by atoms with Crippen molar-refractivity contribution in [2.75, 3.05) is 18.9 Å². The summed E-state index contributed by atoms with van der Waals surface area (Å²) in [5.41, 5.74) is -0.603. The molecule has 4 fully saturated rings. The molecule has 44 heavy (non-hydrogen) atoms. The molecule has 2 aromatic heterocycles. The van der Waals surface area contributed by atoms with E-state index >= 15 is 0 Å². The maximum Gasteiger partial charge on any atom is 0.287 e. The van der Waals surface area contributed by atoms with Gasteiger partial charge in [-0.25, -0.2) is 4.98 Å². The Bertz CT molecular complexity index is 1480. The summed E-state index contributed by atoms with van der Waals surface area (Å²) < 4.78 is 2.74. The van der Waals surface area contributed by atoms with Gasteiger partial charge in [-0.3, -0.25) is 28.8 Å². The minimum Gasteiger partial charge on any atom is -0.350 e.